The number of rotatable bonds is 2. The summed E-state index contributed by atoms with van der Waals surface area (Å²) in [7, 11) is 2.02. The molecule has 1 aromatic carbocycles. The van der Waals surface area contributed by atoms with Gasteiger partial charge in [-0.25, -0.2) is 0 Å². The van der Waals surface area contributed by atoms with Crippen molar-refractivity contribution in [1.82, 2.24) is 14.7 Å². The van der Waals surface area contributed by atoms with Gasteiger partial charge in [-0.15, -0.1) is 0 Å². The molecule has 1 saturated heterocycles. The lowest BCUT2D eigenvalue weighted by Crippen LogP contribution is -2.33. The van der Waals surface area contributed by atoms with E-state index in [9.17, 15) is 0 Å². The van der Waals surface area contributed by atoms with Gasteiger partial charge in [0.1, 0.15) is 0 Å². The fourth-order valence-electron chi connectivity index (χ4n) is 2.68. The predicted molar refractivity (Wildman–Crippen MR) is 77.9 cm³/mol. The number of para-hydroxylation sites is 1. The first kappa shape index (κ1) is 12.2. The predicted octanol–water partition coefficient (Wildman–Crippen LogP) is 2.93. The lowest BCUT2D eigenvalue weighted by Gasteiger charge is -2.28. The van der Waals surface area contributed by atoms with Crippen LogP contribution >= 0.6 is 15.9 Å². The molecule has 1 aliphatic heterocycles. The van der Waals surface area contributed by atoms with Gasteiger partial charge < -0.3 is 0 Å². The highest BCUT2D eigenvalue weighted by Crippen LogP contribution is 2.22. The molecule has 0 aliphatic carbocycles. The fourth-order valence-corrected chi connectivity index (χ4v) is 3.09. The van der Waals surface area contributed by atoms with Crippen LogP contribution < -0.4 is 0 Å². The Bertz CT molecular complexity index is 541. The number of alkyl halides is 1. The molecule has 0 saturated carbocycles. The maximum Gasteiger partial charge on any atom is 0.0843 e. The summed E-state index contributed by atoms with van der Waals surface area (Å²) in [5.41, 5.74) is 2.43. The molecule has 2 aromatic rings. The average molecular weight is 308 g/mol. The number of piperidine rings is 1. The Morgan fingerprint density at radius 3 is 2.78 bits per heavy atom. The molecule has 0 bridgehead atoms. The number of halogens is 1. The zero-order valence-corrected chi connectivity index (χ0v) is 12.2. The second-order valence-corrected chi connectivity index (χ2v) is 6.33. The Balaban J connectivity index is 1.82. The van der Waals surface area contributed by atoms with E-state index in [-0.39, 0.29) is 0 Å². The van der Waals surface area contributed by atoms with Gasteiger partial charge in [0.05, 0.1) is 11.2 Å². The van der Waals surface area contributed by atoms with Crippen LogP contribution in [0.2, 0.25) is 0 Å². The number of benzene rings is 1. The molecule has 18 heavy (non-hydrogen) atoms. The number of likely N-dealkylation sites (tertiary alicyclic amines) is 1. The van der Waals surface area contributed by atoms with Crippen LogP contribution in [0.15, 0.2) is 24.3 Å². The molecule has 0 amide bonds. The molecule has 3 rings (SSSR count). The largest absolute Gasteiger partial charge is 0.297 e. The van der Waals surface area contributed by atoms with Crippen LogP contribution in [0.3, 0.4) is 0 Å². The number of hydrogen-bond donors (Lipinski definition) is 0. The molecule has 4 heteroatoms. The second kappa shape index (κ2) is 5.02. The Morgan fingerprint density at radius 1 is 1.28 bits per heavy atom. The lowest BCUT2D eigenvalue weighted by molar-refractivity contribution is 0.224. The van der Waals surface area contributed by atoms with Crippen LogP contribution in [0.4, 0.5) is 0 Å². The Morgan fingerprint density at radius 2 is 2.00 bits per heavy atom. The van der Waals surface area contributed by atoms with E-state index in [0.717, 1.165) is 6.54 Å². The van der Waals surface area contributed by atoms with Crippen molar-refractivity contribution in [1.29, 1.82) is 0 Å². The molecule has 0 N–H and O–H groups in total. The smallest absolute Gasteiger partial charge is 0.0843 e. The topological polar surface area (TPSA) is 21.1 Å². The van der Waals surface area contributed by atoms with Gasteiger partial charge in [-0.3, -0.25) is 9.58 Å². The Kier molecular flexibility index (Phi) is 3.39. The molecular weight excluding hydrogens is 290 g/mol. The maximum atomic E-state index is 4.67. The highest BCUT2D eigenvalue weighted by atomic mass is 79.9. The summed E-state index contributed by atoms with van der Waals surface area (Å²) >= 11 is 3.70. The zero-order valence-electron chi connectivity index (χ0n) is 10.6. The number of aromatic nitrogens is 2. The van der Waals surface area contributed by atoms with Gasteiger partial charge in [-0.2, -0.15) is 5.10 Å². The van der Waals surface area contributed by atoms with E-state index >= 15 is 0 Å². The van der Waals surface area contributed by atoms with Crippen LogP contribution in [0.5, 0.6) is 0 Å². The zero-order chi connectivity index (χ0) is 12.5. The highest BCUT2D eigenvalue weighted by Gasteiger charge is 2.18. The third-order valence-corrected chi connectivity index (χ3v) is 4.64. The van der Waals surface area contributed by atoms with Crippen LogP contribution in [-0.2, 0) is 13.6 Å². The molecular formula is C14H18BrN3. The number of aryl methyl sites for hydroxylation is 1. The van der Waals surface area contributed by atoms with Gasteiger partial charge in [0, 0.05) is 23.8 Å². The third kappa shape index (κ3) is 2.31. The standard InChI is InChI=1S/C14H18BrN3/c1-17-14-5-3-2-4-12(14)13(16-17)10-18-8-6-11(15)7-9-18/h2-5,11H,6-10H2,1H3. The molecule has 96 valence electrons. The minimum atomic E-state index is 0.703. The number of fused-ring (bicyclic) bond motifs is 1. The third-order valence-electron chi connectivity index (χ3n) is 3.72. The Labute approximate surface area is 116 Å². The van der Waals surface area contributed by atoms with Crippen molar-refractivity contribution in [2.45, 2.75) is 24.2 Å². The molecule has 0 unspecified atom stereocenters. The fraction of sp³-hybridized carbons (Fsp3) is 0.500. The summed E-state index contributed by atoms with van der Waals surface area (Å²) < 4.78 is 1.99. The first-order valence-electron chi connectivity index (χ1n) is 6.51. The summed E-state index contributed by atoms with van der Waals surface area (Å²) in [4.78, 5) is 3.21. The van der Waals surface area contributed by atoms with Gasteiger partial charge in [0.15, 0.2) is 0 Å². The molecule has 0 atom stereocenters. The Hall–Kier alpha value is -0.870. The van der Waals surface area contributed by atoms with E-state index in [2.05, 4.69) is 50.2 Å². The second-order valence-electron chi connectivity index (χ2n) is 5.04. The van der Waals surface area contributed by atoms with Crippen molar-refractivity contribution in [3.63, 3.8) is 0 Å². The summed E-state index contributed by atoms with van der Waals surface area (Å²) in [5.74, 6) is 0. The van der Waals surface area contributed by atoms with Gasteiger partial charge in [0.2, 0.25) is 0 Å². The van der Waals surface area contributed by atoms with Crippen LogP contribution in [0.25, 0.3) is 10.9 Å². The van der Waals surface area contributed by atoms with E-state index in [1.807, 2.05) is 11.7 Å². The molecule has 1 aromatic heterocycles. The van der Waals surface area contributed by atoms with Crippen LogP contribution in [-0.4, -0.2) is 32.6 Å². The molecule has 0 radical (unpaired) electrons. The van der Waals surface area contributed by atoms with Crippen molar-refractivity contribution in [2.75, 3.05) is 13.1 Å². The molecule has 1 fully saturated rings. The molecule has 3 nitrogen and oxygen atoms in total. The van der Waals surface area contributed by atoms with E-state index in [1.54, 1.807) is 0 Å². The SMILES string of the molecule is Cn1nc(CN2CCC(Br)CC2)c2ccccc21. The number of nitrogens with zero attached hydrogens (tertiary/aromatic N) is 3. The quantitative estimate of drug-likeness (QED) is 0.796. The van der Waals surface area contributed by atoms with E-state index < -0.39 is 0 Å². The molecule has 2 heterocycles. The molecule has 1 aliphatic rings. The highest BCUT2D eigenvalue weighted by molar-refractivity contribution is 9.09. The summed E-state index contributed by atoms with van der Waals surface area (Å²) in [6, 6.07) is 8.48. The summed E-state index contributed by atoms with van der Waals surface area (Å²) in [6.45, 7) is 3.31. The first-order chi connectivity index (χ1) is 8.74. The van der Waals surface area contributed by atoms with Crippen molar-refractivity contribution in [3.05, 3.63) is 30.0 Å². The first-order valence-corrected chi connectivity index (χ1v) is 7.42. The van der Waals surface area contributed by atoms with Gasteiger partial charge in [-0.05, 0) is 32.0 Å². The summed E-state index contributed by atoms with van der Waals surface area (Å²) in [5, 5.41) is 5.96. The maximum absolute atomic E-state index is 4.67. The minimum absolute atomic E-state index is 0.703. The van der Waals surface area contributed by atoms with Crippen LogP contribution in [0, 0.1) is 0 Å². The minimum Gasteiger partial charge on any atom is -0.297 e. The van der Waals surface area contributed by atoms with E-state index in [4.69, 9.17) is 0 Å². The molecule has 0 spiro atoms. The van der Waals surface area contributed by atoms with Crippen molar-refractivity contribution in [2.24, 2.45) is 7.05 Å². The monoisotopic (exact) mass is 307 g/mol. The lowest BCUT2D eigenvalue weighted by atomic mass is 10.1. The van der Waals surface area contributed by atoms with Crippen molar-refractivity contribution in [3.8, 4) is 0 Å². The number of hydrogen-bond acceptors (Lipinski definition) is 2. The van der Waals surface area contributed by atoms with E-state index in [0.29, 0.717) is 4.83 Å². The van der Waals surface area contributed by atoms with E-state index in [1.165, 1.54) is 42.5 Å². The van der Waals surface area contributed by atoms with Gasteiger partial charge in [-0.1, -0.05) is 34.1 Å². The van der Waals surface area contributed by atoms with Gasteiger partial charge >= 0.3 is 0 Å². The normalized spacial score (nSPS) is 18.6. The summed E-state index contributed by atoms with van der Waals surface area (Å²) in [6.07, 6.45) is 2.48. The average Bonchev–Trinajstić information content (AvgIpc) is 2.70. The van der Waals surface area contributed by atoms with Crippen molar-refractivity contribution >= 4 is 26.8 Å². The van der Waals surface area contributed by atoms with Gasteiger partial charge in [0.25, 0.3) is 0 Å². The van der Waals surface area contributed by atoms with Crippen LogP contribution in [0.1, 0.15) is 18.5 Å². The van der Waals surface area contributed by atoms with Crippen molar-refractivity contribution < 1.29 is 0 Å².